The first-order chi connectivity index (χ1) is 35.6. The lowest BCUT2D eigenvalue weighted by molar-refractivity contribution is -0.745. The number of aryl methyl sites for hydroxylation is 1. The van der Waals surface area contributed by atoms with Gasteiger partial charge in [0.05, 0.1) is 39.5 Å². The third-order valence-corrected chi connectivity index (χ3v) is 16.7. The summed E-state index contributed by atoms with van der Waals surface area (Å²) in [5, 5.41) is 43.1. The van der Waals surface area contributed by atoms with E-state index in [1.807, 2.05) is 0 Å². The highest BCUT2D eigenvalue weighted by Crippen LogP contribution is 2.63. The molecule has 9 rings (SSSR count). The molecule has 76 heavy (non-hydrogen) atoms. The molecule has 6 aromatic rings. The molecule has 6 aromatic heterocycles. The first-order valence-corrected chi connectivity index (χ1v) is 27.1. The van der Waals surface area contributed by atoms with E-state index in [1.165, 1.54) is 17.9 Å². The van der Waals surface area contributed by atoms with Gasteiger partial charge in [0.15, 0.2) is 41.4 Å². The molecule has 16 atom stereocenters. The molecule has 3 aliphatic rings. The van der Waals surface area contributed by atoms with Crippen LogP contribution in [-0.2, 0) is 71.0 Å². The van der Waals surface area contributed by atoms with E-state index in [1.54, 1.807) is 0 Å². The number of aliphatic hydroxyl groups is 4. The molecule has 44 heteroatoms. The normalized spacial score (nSPS) is 30.2. The molecule has 0 radical (unpaired) electrons. The summed E-state index contributed by atoms with van der Waals surface area (Å²) < 4.78 is 106. The van der Waals surface area contributed by atoms with Crippen LogP contribution < -0.4 is 58.2 Å². The summed E-state index contributed by atoms with van der Waals surface area (Å²) in [6, 6.07) is 0. The number of H-pyrrole nitrogens is 2. The largest absolute Gasteiger partial charge is 0.756 e. The van der Waals surface area contributed by atoms with Gasteiger partial charge in [-0.2, -0.15) is 15.0 Å². The van der Waals surface area contributed by atoms with Gasteiger partial charge in [-0.25, -0.2) is 23.2 Å². The van der Waals surface area contributed by atoms with Crippen molar-refractivity contribution in [1.82, 2.24) is 53.6 Å². The third-order valence-electron chi connectivity index (χ3n) is 11.6. The zero-order valence-electron chi connectivity index (χ0n) is 38.3. The van der Waals surface area contributed by atoms with Crippen LogP contribution in [0, 0.1) is 0 Å². The Labute approximate surface area is 420 Å². The number of hydrogen-bond acceptors (Lipinski definition) is 34. The number of phosphoric acid groups is 4. The van der Waals surface area contributed by atoms with Crippen molar-refractivity contribution in [2.75, 3.05) is 49.9 Å². The van der Waals surface area contributed by atoms with Crippen LogP contribution in [0.25, 0.3) is 33.5 Å². The van der Waals surface area contributed by atoms with Crippen molar-refractivity contribution in [3.63, 3.8) is 0 Å². The minimum Gasteiger partial charge on any atom is -0.756 e. The molecule has 3 aliphatic heterocycles. The van der Waals surface area contributed by atoms with E-state index in [2.05, 4.69) is 57.5 Å². The molecule has 14 N–H and O–H groups in total. The standard InChI is InChI=1S/C32H44N16O24P4/c1-45-8-48(24-14(45)26(54)44-32(36)42-24)28-18(52)16(50)10(68-28)4-65-74(57,58)71-76(61,62)72-75(59,60)66-5-11-19(20(63-2)29(69-11)47-6-37-12-21(33)39-30(34)40-22(12)47)70-73(55,56)64-3-9-15(49)17(51)27(67-9)46-7-38-13-23(46)41-31(35)43-25(13)53/h6-11,15-20,27-29,49-52H,3-5H2,1-2H3,(H13-,33,34,35,36,39,40,41,42,43,44,53,54,55,56,57,58,59,60,61,62)/p-3/t9-,10-,11-,15?,16+,17+,18?,19?,20+,27-,28-,29-/m1/s1. The maximum atomic E-state index is 13.6. The summed E-state index contributed by atoms with van der Waals surface area (Å²) >= 11 is 0. The fourth-order valence-corrected chi connectivity index (χ4v) is 12.7. The molecule has 0 aliphatic carbocycles. The monoisotopic (exact) mass is 1160 g/mol. The van der Waals surface area contributed by atoms with E-state index in [4.69, 9.17) is 50.9 Å². The van der Waals surface area contributed by atoms with Gasteiger partial charge >= 0.3 is 5.65 Å². The predicted octanol–water partition coefficient (Wildman–Crippen LogP) is -7.66. The summed E-state index contributed by atoms with van der Waals surface area (Å²) in [5.41, 5.74) is 20.7. The molecular formula is C32H41N16O24P4-3. The van der Waals surface area contributed by atoms with Gasteiger partial charge < -0.3 is 100.0 Å². The van der Waals surface area contributed by atoms with Gasteiger partial charge in [0, 0.05) is 7.11 Å². The summed E-state index contributed by atoms with van der Waals surface area (Å²) in [6.45, 7) is -3.78. The highest BCUT2D eigenvalue weighted by molar-refractivity contribution is 7.65. The molecule has 0 saturated carbocycles. The SMILES string of the molecule is CO[C@H]1C(OP(=O)([O-])OC[C@H]2O[C@@H](n3cnc4c(=O)[nH]c(N)nc43)[C@@H](O)C2O)[C@@H](COP(=O)([O-])OP(=O)([O-])OP(=O)([O-])OC[C@H]2O[C@@H]([n+]3cn(C)c4c(=O)[nH]c(N)nc43)C(O)[C@H]2O)O[C@H]1n1cnc2c(N)nc(N)nc21. The molecular weight excluding hydrogens is 1120 g/mol. The Bertz CT molecular complexity index is 3520. The molecule has 0 spiro atoms. The van der Waals surface area contributed by atoms with Crippen molar-refractivity contribution in [3.05, 3.63) is 39.7 Å². The van der Waals surface area contributed by atoms with Crippen LogP contribution >= 0.6 is 31.3 Å². The lowest BCUT2D eigenvalue weighted by Crippen LogP contribution is -2.46. The molecule has 416 valence electrons. The Kier molecular flexibility index (Phi) is 14.9. The Balaban J connectivity index is 0.870. The van der Waals surface area contributed by atoms with Crippen LogP contribution in [0.15, 0.2) is 28.6 Å². The van der Waals surface area contributed by atoms with E-state index >= 15 is 0 Å². The van der Waals surface area contributed by atoms with Crippen LogP contribution in [0.3, 0.4) is 0 Å². The Morgan fingerprint density at radius 3 is 1.87 bits per heavy atom. The van der Waals surface area contributed by atoms with Crippen LogP contribution in [-0.4, -0.2) is 156 Å². The Morgan fingerprint density at radius 1 is 0.671 bits per heavy atom. The van der Waals surface area contributed by atoms with Crippen molar-refractivity contribution < 1.29 is 108 Å². The van der Waals surface area contributed by atoms with Crippen LogP contribution in [0.2, 0.25) is 0 Å². The minimum absolute atomic E-state index is 0.0524. The molecule has 7 unspecified atom stereocenters. The fourth-order valence-electron chi connectivity index (χ4n) is 8.34. The number of fused-ring (bicyclic) bond motifs is 3. The molecule has 0 bridgehead atoms. The molecule has 3 saturated heterocycles. The molecule has 9 heterocycles. The number of aromatic amines is 2. The van der Waals surface area contributed by atoms with E-state index in [0.29, 0.717) is 0 Å². The topological polar surface area (TPSA) is 600 Å². The van der Waals surface area contributed by atoms with Crippen molar-refractivity contribution in [3.8, 4) is 0 Å². The van der Waals surface area contributed by atoms with E-state index in [9.17, 15) is 67.8 Å². The first-order valence-electron chi connectivity index (χ1n) is 21.3. The van der Waals surface area contributed by atoms with Crippen LogP contribution in [0.4, 0.5) is 23.7 Å². The number of methoxy groups -OCH3 is 1. The Morgan fingerprint density at radius 2 is 1.21 bits per heavy atom. The van der Waals surface area contributed by atoms with Gasteiger partial charge in [0.1, 0.15) is 60.5 Å². The van der Waals surface area contributed by atoms with Crippen LogP contribution in [0.5, 0.6) is 0 Å². The number of ether oxygens (including phenoxy) is 4. The van der Waals surface area contributed by atoms with Gasteiger partial charge in [0.2, 0.25) is 23.6 Å². The van der Waals surface area contributed by atoms with Gasteiger partial charge in [0.25, 0.3) is 48.4 Å². The average Bonchev–Trinajstić information content (AvgIpc) is 4.17. The number of anilines is 4. The van der Waals surface area contributed by atoms with Crippen molar-refractivity contribution in [1.29, 1.82) is 0 Å². The fraction of sp³-hybridized carbons (Fsp3) is 0.531. The number of nitrogens with two attached hydrogens (primary N) is 4. The smallest absolute Gasteiger partial charge is 0.313 e. The second kappa shape index (κ2) is 20.5. The molecule has 3 fully saturated rings. The number of nitrogens with zero attached hydrogens (tertiary/aromatic N) is 10. The highest BCUT2D eigenvalue weighted by Gasteiger charge is 2.51. The number of rotatable bonds is 19. The van der Waals surface area contributed by atoms with Crippen molar-refractivity contribution >= 4 is 88.4 Å². The van der Waals surface area contributed by atoms with Crippen molar-refractivity contribution in [2.45, 2.75) is 73.6 Å². The number of hydrogen-bond donors (Lipinski definition) is 10. The Hall–Kier alpha value is -5.35. The van der Waals surface area contributed by atoms with E-state index < -0.39 is 136 Å². The average molecular weight is 1160 g/mol. The first kappa shape index (κ1) is 55.4. The number of aliphatic hydroxyl groups excluding tert-OH is 4. The number of imidazole rings is 3. The van der Waals surface area contributed by atoms with E-state index in [-0.39, 0.29) is 57.2 Å². The lowest BCUT2D eigenvalue weighted by atomic mass is 10.1. The highest BCUT2D eigenvalue weighted by atomic mass is 31.3. The van der Waals surface area contributed by atoms with Crippen LogP contribution in [0.1, 0.15) is 18.7 Å². The summed E-state index contributed by atoms with van der Waals surface area (Å²) in [7, 11) is -22.5. The molecule has 0 amide bonds. The maximum Gasteiger partial charge on any atom is 0.313 e. The van der Waals surface area contributed by atoms with Crippen molar-refractivity contribution in [2.24, 2.45) is 7.05 Å². The third kappa shape index (κ3) is 10.9. The zero-order valence-corrected chi connectivity index (χ0v) is 41.9. The number of aromatic nitrogens is 12. The quantitative estimate of drug-likeness (QED) is 0.0266. The van der Waals surface area contributed by atoms with Gasteiger partial charge in [-0.15, -0.1) is 0 Å². The second-order valence-corrected chi connectivity index (χ2v) is 22.5. The zero-order chi connectivity index (χ0) is 55.1. The molecule has 40 nitrogen and oxygen atoms in total. The second-order valence-electron chi connectivity index (χ2n) is 16.6. The van der Waals surface area contributed by atoms with E-state index in [0.717, 1.165) is 33.5 Å². The predicted molar refractivity (Wildman–Crippen MR) is 235 cm³/mol. The van der Waals surface area contributed by atoms with Gasteiger partial charge in [-0.05, 0) is 0 Å². The maximum absolute atomic E-state index is 13.6. The number of nitrogens with one attached hydrogen (secondary N) is 2. The summed E-state index contributed by atoms with van der Waals surface area (Å²) in [4.78, 5) is 105. The number of nitrogen functional groups attached to an aromatic ring is 4. The number of phosphoric ester groups is 3. The minimum atomic E-state index is -6.61. The summed E-state index contributed by atoms with van der Waals surface area (Å²) in [5.74, 6) is -1.27. The summed E-state index contributed by atoms with van der Waals surface area (Å²) in [6.07, 6.45) is -18.0. The molecule has 0 aromatic carbocycles. The van der Waals surface area contributed by atoms with Gasteiger partial charge in [-0.1, -0.05) is 4.98 Å². The van der Waals surface area contributed by atoms with Gasteiger partial charge in [-0.3, -0.25) is 51.5 Å². The lowest BCUT2D eigenvalue weighted by Gasteiger charge is -2.35.